The summed E-state index contributed by atoms with van der Waals surface area (Å²) in [7, 11) is 1.63. The molecular weight excluding hydrogens is 308 g/mol. The molecule has 1 N–H and O–H groups in total. The van der Waals surface area contributed by atoms with Crippen molar-refractivity contribution in [2.75, 3.05) is 12.4 Å². The van der Waals surface area contributed by atoms with Crippen LogP contribution in [0.15, 0.2) is 52.1 Å². The average molecular weight is 321 g/mol. The van der Waals surface area contributed by atoms with Gasteiger partial charge in [-0.1, -0.05) is 18.2 Å². The van der Waals surface area contributed by atoms with Crippen LogP contribution < -0.4 is 10.1 Å². The molecule has 2 rings (SSSR count). The van der Waals surface area contributed by atoms with Crippen molar-refractivity contribution in [3.63, 3.8) is 0 Å². The van der Waals surface area contributed by atoms with Crippen molar-refractivity contribution in [1.82, 2.24) is 0 Å². The number of nitroso groups, excluding NO2 is 1. The summed E-state index contributed by atoms with van der Waals surface area (Å²) >= 11 is 3.31. The molecule has 2 aromatic carbocycles. The van der Waals surface area contributed by atoms with Crippen LogP contribution in [0.25, 0.3) is 0 Å². The topological polar surface area (TPSA) is 50.7 Å². The van der Waals surface area contributed by atoms with Crippen molar-refractivity contribution in [2.24, 2.45) is 5.18 Å². The fourth-order valence-electron chi connectivity index (χ4n) is 1.74. The van der Waals surface area contributed by atoms with Gasteiger partial charge in [-0.2, -0.15) is 0 Å². The van der Waals surface area contributed by atoms with Gasteiger partial charge in [0, 0.05) is 28.3 Å². The van der Waals surface area contributed by atoms with Crippen LogP contribution in [-0.4, -0.2) is 7.11 Å². The van der Waals surface area contributed by atoms with Crippen LogP contribution in [0.5, 0.6) is 5.75 Å². The molecule has 0 aliphatic carbocycles. The lowest BCUT2D eigenvalue weighted by atomic mass is 10.2. The Balaban J connectivity index is 2.14. The second-order valence-corrected chi connectivity index (χ2v) is 4.78. The Kier molecular flexibility index (Phi) is 4.52. The maximum atomic E-state index is 10.8. The van der Waals surface area contributed by atoms with Gasteiger partial charge in [-0.15, -0.1) is 4.91 Å². The standard InChI is InChI=1S/C14H13BrN2O2/c1-19-12-6-3-5-11(8-12)16-9-10-4-2-7-13(15)14(10)17-18/h2-8,16H,9H2,1H3. The van der Waals surface area contributed by atoms with Gasteiger partial charge < -0.3 is 10.1 Å². The van der Waals surface area contributed by atoms with Crippen LogP contribution in [0.1, 0.15) is 5.56 Å². The van der Waals surface area contributed by atoms with Crippen molar-refractivity contribution in [1.29, 1.82) is 0 Å². The number of nitrogens with zero attached hydrogens (tertiary/aromatic N) is 1. The number of anilines is 1. The average Bonchev–Trinajstić information content (AvgIpc) is 2.45. The maximum absolute atomic E-state index is 10.8. The van der Waals surface area contributed by atoms with Crippen molar-refractivity contribution < 1.29 is 4.74 Å². The molecule has 0 spiro atoms. The second kappa shape index (κ2) is 6.33. The highest BCUT2D eigenvalue weighted by molar-refractivity contribution is 9.10. The molecule has 0 amide bonds. The van der Waals surface area contributed by atoms with Gasteiger partial charge in [-0.05, 0) is 39.3 Å². The number of methoxy groups -OCH3 is 1. The van der Waals surface area contributed by atoms with E-state index < -0.39 is 0 Å². The SMILES string of the molecule is COc1cccc(NCc2cccc(Br)c2N=O)c1. The minimum Gasteiger partial charge on any atom is -0.497 e. The van der Waals surface area contributed by atoms with E-state index in [0.717, 1.165) is 17.0 Å². The molecule has 5 heteroatoms. The normalized spacial score (nSPS) is 10.0. The van der Waals surface area contributed by atoms with E-state index in [-0.39, 0.29) is 0 Å². The van der Waals surface area contributed by atoms with E-state index in [4.69, 9.17) is 4.74 Å². The number of hydrogen-bond donors (Lipinski definition) is 1. The van der Waals surface area contributed by atoms with Gasteiger partial charge in [0.05, 0.1) is 7.11 Å². The van der Waals surface area contributed by atoms with Gasteiger partial charge in [0.15, 0.2) is 0 Å². The van der Waals surface area contributed by atoms with E-state index >= 15 is 0 Å². The number of halogens is 1. The Hall–Kier alpha value is -1.88. The van der Waals surface area contributed by atoms with Crippen molar-refractivity contribution in [2.45, 2.75) is 6.54 Å². The first-order chi connectivity index (χ1) is 9.24. The molecule has 0 saturated heterocycles. The smallest absolute Gasteiger partial charge is 0.127 e. The summed E-state index contributed by atoms with van der Waals surface area (Å²) in [6.45, 7) is 0.522. The predicted molar refractivity (Wildman–Crippen MR) is 79.9 cm³/mol. The molecular formula is C14H13BrN2O2. The number of hydrogen-bond acceptors (Lipinski definition) is 4. The highest BCUT2D eigenvalue weighted by atomic mass is 79.9. The lowest BCUT2D eigenvalue weighted by Gasteiger charge is -2.09. The number of rotatable bonds is 5. The molecule has 19 heavy (non-hydrogen) atoms. The Morgan fingerprint density at radius 1 is 1.26 bits per heavy atom. The van der Waals surface area contributed by atoms with Crippen molar-refractivity contribution >= 4 is 27.3 Å². The molecule has 0 saturated carbocycles. The highest BCUT2D eigenvalue weighted by Gasteiger charge is 2.06. The van der Waals surface area contributed by atoms with E-state index in [1.165, 1.54) is 0 Å². The fraction of sp³-hybridized carbons (Fsp3) is 0.143. The largest absolute Gasteiger partial charge is 0.497 e. The molecule has 0 heterocycles. The van der Waals surface area contributed by atoms with E-state index in [0.29, 0.717) is 16.7 Å². The Morgan fingerprint density at radius 2 is 2.05 bits per heavy atom. The summed E-state index contributed by atoms with van der Waals surface area (Å²) in [4.78, 5) is 10.8. The lowest BCUT2D eigenvalue weighted by Crippen LogP contribution is -2.00. The van der Waals surface area contributed by atoms with Crippen LogP contribution in [0.4, 0.5) is 11.4 Å². The summed E-state index contributed by atoms with van der Waals surface area (Å²) in [6, 6.07) is 13.2. The molecule has 0 radical (unpaired) electrons. The maximum Gasteiger partial charge on any atom is 0.127 e. The molecule has 0 aliphatic heterocycles. The van der Waals surface area contributed by atoms with E-state index in [1.54, 1.807) is 13.2 Å². The van der Waals surface area contributed by atoms with Gasteiger partial charge in [-0.3, -0.25) is 0 Å². The molecule has 0 aromatic heterocycles. The fourth-order valence-corrected chi connectivity index (χ4v) is 2.21. The second-order valence-electron chi connectivity index (χ2n) is 3.92. The Morgan fingerprint density at radius 3 is 2.79 bits per heavy atom. The third-order valence-corrected chi connectivity index (χ3v) is 3.35. The first-order valence-corrected chi connectivity index (χ1v) is 6.52. The summed E-state index contributed by atoms with van der Waals surface area (Å²) in [6.07, 6.45) is 0. The molecule has 98 valence electrons. The summed E-state index contributed by atoms with van der Waals surface area (Å²) < 4.78 is 5.86. The summed E-state index contributed by atoms with van der Waals surface area (Å²) in [5.41, 5.74) is 2.20. The minimum absolute atomic E-state index is 0.429. The monoisotopic (exact) mass is 320 g/mol. The van der Waals surface area contributed by atoms with Crippen LogP contribution >= 0.6 is 15.9 Å². The summed E-state index contributed by atoms with van der Waals surface area (Å²) in [5.74, 6) is 0.785. The van der Waals surface area contributed by atoms with Gasteiger partial charge in [0.1, 0.15) is 11.4 Å². The zero-order chi connectivity index (χ0) is 13.7. The third-order valence-electron chi connectivity index (χ3n) is 2.71. The zero-order valence-corrected chi connectivity index (χ0v) is 12.0. The predicted octanol–water partition coefficient (Wildman–Crippen LogP) is 4.47. The molecule has 2 aromatic rings. The van der Waals surface area contributed by atoms with Gasteiger partial charge in [0.2, 0.25) is 0 Å². The molecule has 4 nitrogen and oxygen atoms in total. The van der Waals surface area contributed by atoms with E-state index in [9.17, 15) is 4.91 Å². The quantitative estimate of drug-likeness (QED) is 0.827. The lowest BCUT2D eigenvalue weighted by molar-refractivity contribution is 0.415. The van der Waals surface area contributed by atoms with Crippen LogP contribution in [0.3, 0.4) is 0 Å². The number of ether oxygens (including phenoxy) is 1. The van der Waals surface area contributed by atoms with Gasteiger partial charge in [-0.25, -0.2) is 0 Å². The minimum atomic E-state index is 0.429. The molecule has 0 bridgehead atoms. The number of nitrogens with one attached hydrogen (secondary N) is 1. The van der Waals surface area contributed by atoms with E-state index in [1.807, 2.05) is 36.4 Å². The molecule has 0 unspecified atom stereocenters. The summed E-state index contributed by atoms with van der Waals surface area (Å²) in [5, 5.41) is 6.29. The Bertz CT molecular complexity index is 587. The van der Waals surface area contributed by atoms with E-state index in [2.05, 4.69) is 26.4 Å². The molecule has 0 fully saturated rings. The van der Waals surface area contributed by atoms with Crippen molar-refractivity contribution in [3.05, 3.63) is 57.4 Å². The number of benzene rings is 2. The van der Waals surface area contributed by atoms with Gasteiger partial charge in [0.25, 0.3) is 0 Å². The first-order valence-electron chi connectivity index (χ1n) is 5.73. The molecule has 0 aliphatic rings. The zero-order valence-electron chi connectivity index (χ0n) is 10.4. The molecule has 0 atom stereocenters. The van der Waals surface area contributed by atoms with Gasteiger partial charge >= 0.3 is 0 Å². The third kappa shape index (κ3) is 3.32. The van der Waals surface area contributed by atoms with Crippen molar-refractivity contribution in [3.8, 4) is 5.75 Å². The van der Waals surface area contributed by atoms with Crippen LogP contribution in [-0.2, 0) is 6.54 Å². The first kappa shape index (κ1) is 13.5. The van der Waals surface area contributed by atoms with Crippen LogP contribution in [0, 0.1) is 4.91 Å². The Labute approximate surface area is 119 Å². The van der Waals surface area contributed by atoms with Crippen LogP contribution in [0.2, 0.25) is 0 Å². The highest BCUT2D eigenvalue weighted by Crippen LogP contribution is 2.29.